The monoisotopic (exact) mass is 299 g/mol. The summed E-state index contributed by atoms with van der Waals surface area (Å²) >= 11 is 0. The Kier molecular flexibility index (Phi) is 4.22. The summed E-state index contributed by atoms with van der Waals surface area (Å²) in [5.41, 5.74) is 0.831. The molecule has 0 saturated carbocycles. The molecule has 2 rings (SSSR count). The number of benzene rings is 1. The molecule has 1 heterocycles. The van der Waals surface area contributed by atoms with E-state index in [1.165, 1.54) is 11.7 Å². The van der Waals surface area contributed by atoms with Crippen LogP contribution in [0.5, 0.6) is 0 Å². The highest BCUT2D eigenvalue weighted by Crippen LogP contribution is 2.19. The van der Waals surface area contributed by atoms with Crippen molar-refractivity contribution in [1.29, 1.82) is 0 Å². The van der Waals surface area contributed by atoms with Gasteiger partial charge in [0.1, 0.15) is 5.60 Å². The fourth-order valence-electron chi connectivity index (χ4n) is 1.86. The van der Waals surface area contributed by atoms with Gasteiger partial charge in [-0.25, -0.2) is 9.59 Å². The zero-order chi connectivity index (χ0) is 16.3. The van der Waals surface area contributed by atoms with Crippen LogP contribution in [-0.2, 0) is 14.3 Å². The van der Waals surface area contributed by atoms with Gasteiger partial charge in [0.05, 0.1) is 12.6 Å². The van der Waals surface area contributed by atoms with E-state index in [0.717, 1.165) is 10.9 Å². The normalized spacial score (nSPS) is 10.7. The van der Waals surface area contributed by atoms with E-state index in [9.17, 15) is 9.59 Å². The maximum Gasteiger partial charge on any atom is 0.418 e. The first-order valence-corrected chi connectivity index (χ1v) is 6.74. The highest BCUT2D eigenvalue weighted by molar-refractivity contribution is 5.91. The largest absolute Gasteiger partial charge is 0.459 e. The Morgan fingerprint density at radius 3 is 2.55 bits per heavy atom. The molecule has 1 aromatic carbocycles. The summed E-state index contributed by atoms with van der Waals surface area (Å²) in [6.45, 7) is 5.45. The molecule has 114 valence electrons. The van der Waals surface area contributed by atoms with E-state index in [2.05, 4.69) is 16.6 Å². The molecule has 0 amide bonds. The fourth-order valence-corrected chi connectivity index (χ4v) is 1.86. The van der Waals surface area contributed by atoms with Gasteiger partial charge in [-0.05, 0) is 45.0 Å². The molecule has 0 fully saturated rings. The van der Waals surface area contributed by atoms with E-state index < -0.39 is 17.7 Å². The molecule has 0 aliphatic carbocycles. The number of aromatic nitrogens is 1. The minimum absolute atomic E-state index is 0.434. The number of esters is 1. The van der Waals surface area contributed by atoms with Crippen LogP contribution < -0.4 is 0 Å². The summed E-state index contributed by atoms with van der Waals surface area (Å²) in [4.78, 5) is 23.1. The average Bonchev–Trinajstić information content (AvgIpc) is 2.86. The van der Waals surface area contributed by atoms with Gasteiger partial charge in [-0.2, -0.15) is 0 Å². The molecule has 0 bridgehead atoms. The molecule has 0 unspecified atom stereocenters. The van der Waals surface area contributed by atoms with Crippen LogP contribution in [0.2, 0.25) is 0 Å². The van der Waals surface area contributed by atoms with Gasteiger partial charge >= 0.3 is 12.1 Å². The van der Waals surface area contributed by atoms with Crippen molar-refractivity contribution in [3.05, 3.63) is 36.0 Å². The van der Waals surface area contributed by atoms with Crippen LogP contribution in [0.25, 0.3) is 10.9 Å². The van der Waals surface area contributed by atoms with Crippen molar-refractivity contribution in [3.8, 4) is 11.8 Å². The molecule has 0 saturated heterocycles. The number of fused-ring (bicyclic) bond motifs is 1. The Hall–Kier alpha value is -2.74. The Morgan fingerprint density at radius 2 is 1.91 bits per heavy atom. The van der Waals surface area contributed by atoms with E-state index in [4.69, 9.17) is 4.74 Å². The number of hydrogen-bond donors (Lipinski definition) is 0. The topological polar surface area (TPSA) is 57.5 Å². The SMILES string of the molecule is COC(=O)C#Cc1ccc2c(ccn2C(=O)OC(C)(C)C)c1. The highest BCUT2D eigenvalue weighted by Gasteiger charge is 2.18. The van der Waals surface area contributed by atoms with E-state index >= 15 is 0 Å². The predicted molar refractivity (Wildman–Crippen MR) is 82.5 cm³/mol. The van der Waals surface area contributed by atoms with Crippen molar-refractivity contribution in [2.24, 2.45) is 0 Å². The lowest BCUT2D eigenvalue weighted by Gasteiger charge is -2.19. The quantitative estimate of drug-likeness (QED) is 0.554. The number of rotatable bonds is 0. The second-order valence-corrected chi connectivity index (χ2v) is 5.68. The maximum atomic E-state index is 12.1. The van der Waals surface area contributed by atoms with Crippen molar-refractivity contribution in [1.82, 2.24) is 4.57 Å². The van der Waals surface area contributed by atoms with Crippen LogP contribution in [0.15, 0.2) is 30.5 Å². The van der Waals surface area contributed by atoms with Gasteiger partial charge < -0.3 is 9.47 Å². The second kappa shape index (κ2) is 5.94. The van der Waals surface area contributed by atoms with Gasteiger partial charge in [-0.1, -0.05) is 5.92 Å². The molecule has 1 aromatic heterocycles. The molecule has 22 heavy (non-hydrogen) atoms. The van der Waals surface area contributed by atoms with Crippen molar-refractivity contribution in [3.63, 3.8) is 0 Å². The standard InChI is InChI=1S/C17H17NO4/c1-17(2,3)22-16(20)18-10-9-13-11-12(5-7-14(13)18)6-8-15(19)21-4/h5,7,9-11H,1-4H3. The maximum absolute atomic E-state index is 12.1. The van der Waals surface area contributed by atoms with Crippen molar-refractivity contribution >= 4 is 23.0 Å². The minimum Gasteiger partial charge on any atom is -0.459 e. The first-order valence-electron chi connectivity index (χ1n) is 6.74. The van der Waals surface area contributed by atoms with Gasteiger partial charge in [0.25, 0.3) is 0 Å². The summed E-state index contributed by atoms with van der Waals surface area (Å²) in [6, 6.07) is 7.09. The van der Waals surface area contributed by atoms with Gasteiger partial charge in [-0.15, -0.1) is 0 Å². The molecule has 2 aromatic rings. The number of nitrogens with zero attached hydrogens (tertiary/aromatic N) is 1. The lowest BCUT2D eigenvalue weighted by atomic mass is 10.1. The molecule has 0 aliphatic rings. The summed E-state index contributed by atoms with van der Waals surface area (Å²) in [6.07, 6.45) is 1.21. The Labute approximate surface area is 128 Å². The van der Waals surface area contributed by atoms with Crippen molar-refractivity contribution in [2.45, 2.75) is 26.4 Å². The lowest BCUT2D eigenvalue weighted by Crippen LogP contribution is -2.26. The zero-order valence-corrected chi connectivity index (χ0v) is 13.0. The molecule has 5 heteroatoms. The van der Waals surface area contributed by atoms with Crippen LogP contribution in [0.4, 0.5) is 4.79 Å². The second-order valence-electron chi connectivity index (χ2n) is 5.68. The zero-order valence-electron chi connectivity index (χ0n) is 13.0. The molecule has 0 N–H and O–H groups in total. The van der Waals surface area contributed by atoms with Crippen LogP contribution >= 0.6 is 0 Å². The third-order valence-electron chi connectivity index (χ3n) is 2.77. The third kappa shape index (κ3) is 3.67. The Bertz CT molecular complexity index is 784. The minimum atomic E-state index is -0.591. The summed E-state index contributed by atoms with van der Waals surface area (Å²) in [5.74, 6) is 4.49. The van der Waals surface area contributed by atoms with Gasteiger partial charge in [0.15, 0.2) is 0 Å². The molecule has 0 aliphatic heterocycles. The number of carbonyl (C=O) groups excluding carboxylic acids is 2. The van der Waals surface area contributed by atoms with Crippen LogP contribution in [0.1, 0.15) is 26.3 Å². The van der Waals surface area contributed by atoms with Crippen LogP contribution in [-0.4, -0.2) is 29.3 Å². The number of ether oxygens (including phenoxy) is 2. The molecular weight excluding hydrogens is 282 g/mol. The first-order chi connectivity index (χ1) is 10.3. The summed E-state index contributed by atoms with van der Waals surface area (Å²) < 4.78 is 11.3. The van der Waals surface area contributed by atoms with Gasteiger partial charge in [-0.3, -0.25) is 4.57 Å². The Morgan fingerprint density at radius 1 is 1.18 bits per heavy atom. The predicted octanol–water partition coefficient (Wildman–Crippen LogP) is 2.95. The van der Waals surface area contributed by atoms with Crippen molar-refractivity contribution in [2.75, 3.05) is 7.11 Å². The molecule has 5 nitrogen and oxygen atoms in total. The smallest absolute Gasteiger partial charge is 0.418 e. The third-order valence-corrected chi connectivity index (χ3v) is 2.77. The van der Waals surface area contributed by atoms with E-state index in [0.29, 0.717) is 5.56 Å². The highest BCUT2D eigenvalue weighted by atomic mass is 16.6. The molecule has 0 spiro atoms. The average molecular weight is 299 g/mol. The Balaban J connectivity index is 2.32. The van der Waals surface area contributed by atoms with Crippen molar-refractivity contribution < 1.29 is 19.1 Å². The van der Waals surface area contributed by atoms with Crippen LogP contribution in [0, 0.1) is 11.8 Å². The first kappa shape index (κ1) is 15.6. The number of carbonyl (C=O) groups is 2. The summed E-state index contributed by atoms with van der Waals surface area (Å²) in [5, 5.41) is 0.836. The molecule has 0 atom stereocenters. The fraction of sp³-hybridized carbons (Fsp3) is 0.294. The van der Waals surface area contributed by atoms with E-state index in [1.807, 2.05) is 20.8 Å². The van der Waals surface area contributed by atoms with Gasteiger partial charge in [0.2, 0.25) is 0 Å². The number of hydrogen-bond acceptors (Lipinski definition) is 4. The number of methoxy groups -OCH3 is 1. The van der Waals surface area contributed by atoms with Gasteiger partial charge in [0, 0.05) is 23.1 Å². The molecular formula is C17H17NO4. The van der Waals surface area contributed by atoms with E-state index in [-0.39, 0.29) is 0 Å². The lowest BCUT2D eigenvalue weighted by molar-refractivity contribution is -0.133. The summed E-state index contributed by atoms with van der Waals surface area (Å²) in [7, 11) is 1.28. The van der Waals surface area contributed by atoms with Crippen LogP contribution in [0.3, 0.4) is 0 Å². The molecule has 0 radical (unpaired) electrons. The van der Waals surface area contributed by atoms with E-state index in [1.54, 1.807) is 30.5 Å².